The lowest BCUT2D eigenvalue weighted by Gasteiger charge is -2.23. The van der Waals surface area contributed by atoms with Crippen LogP contribution in [0.25, 0.3) is 0 Å². The Kier molecular flexibility index (Phi) is 5.94. The van der Waals surface area contributed by atoms with Crippen LogP contribution in [0.15, 0.2) is 24.3 Å². The van der Waals surface area contributed by atoms with E-state index in [0.29, 0.717) is 32.8 Å². The monoisotopic (exact) mass is 308 g/mol. The van der Waals surface area contributed by atoms with Crippen LogP contribution in [-0.2, 0) is 35.9 Å². The minimum Gasteiger partial charge on any atom is -0.464 e. The van der Waals surface area contributed by atoms with Gasteiger partial charge in [-0.25, -0.2) is 4.79 Å². The van der Waals surface area contributed by atoms with Gasteiger partial charge in [-0.1, -0.05) is 24.3 Å². The molecule has 1 aliphatic heterocycles. The van der Waals surface area contributed by atoms with Crippen molar-refractivity contribution in [1.29, 1.82) is 0 Å². The van der Waals surface area contributed by atoms with Gasteiger partial charge < -0.3 is 18.9 Å². The van der Waals surface area contributed by atoms with Crippen molar-refractivity contribution in [2.24, 2.45) is 0 Å². The van der Waals surface area contributed by atoms with Gasteiger partial charge in [-0.2, -0.15) is 0 Å². The molecule has 0 N–H and O–H groups in total. The maximum absolute atomic E-state index is 11.9. The first-order valence-corrected chi connectivity index (χ1v) is 7.74. The third-order valence-electron chi connectivity index (χ3n) is 3.63. The molecule has 0 saturated carbocycles. The summed E-state index contributed by atoms with van der Waals surface area (Å²) < 4.78 is 21.9. The summed E-state index contributed by atoms with van der Waals surface area (Å²) in [5, 5.41) is 0. The van der Waals surface area contributed by atoms with E-state index >= 15 is 0 Å². The summed E-state index contributed by atoms with van der Waals surface area (Å²) in [6.45, 7) is 7.55. The van der Waals surface area contributed by atoms with E-state index in [4.69, 9.17) is 18.9 Å². The van der Waals surface area contributed by atoms with E-state index < -0.39 is 11.9 Å². The van der Waals surface area contributed by atoms with Crippen molar-refractivity contribution in [3.8, 4) is 0 Å². The summed E-state index contributed by atoms with van der Waals surface area (Å²) in [6.07, 6.45) is -0.116. The van der Waals surface area contributed by atoms with E-state index in [1.807, 2.05) is 38.1 Å². The smallest absolute Gasteiger partial charge is 0.335 e. The highest BCUT2D eigenvalue weighted by Gasteiger charge is 2.33. The molecule has 1 heterocycles. The molecule has 1 atom stereocenters. The Balaban J connectivity index is 2.12. The minimum absolute atomic E-state index is 0.325. The molecule has 0 aliphatic carbocycles. The molecule has 5 heteroatoms. The molecule has 5 nitrogen and oxygen atoms in total. The van der Waals surface area contributed by atoms with E-state index in [1.165, 1.54) is 0 Å². The van der Waals surface area contributed by atoms with Gasteiger partial charge in [-0.3, -0.25) is 0 Å². The zero-order valence-corrected chi connectivity index (χ0v) is 13.5. The highest BCUT2D eigenvalue weighted by Crippen LogP contribution is 2.31. The van der Waals surface area contributed by atoms with Crippen LogP contribution in [0.2, 0.25) is 0 Å². The fourth-order valence-corrected chi connectivity index (χ4v) is 2.52. The Morgan fingerprint density at radius 1 is 1.27 bits per heavy atom. The van der Waals surface area contributed by atoms with Crippen LogP contribution in [0, 0.1) is 0 Å². The quantitative estimate of drug-likeness (QED) is 0.724. The predicted octanol–water partition coefficient (Wildman–Crippen LogP) is 2.42. The zero-order valence-electron chi connectivity index (χ0n) is 13.5. The molecule has 122 valence electrons. The van der Waals surface area contributed by atoms with Crippen LogP contribution in [-0.4, -0.2) is 38.5 Å². The number of rotatable bonds is 7. The fourth-order valence-electron chi connectivity index (χ4n) is 2.52. The number of carbonyl (C=O) groups is 1. The highest BCUT2D eigenvalue weighted by atomic mass is 16.7. The summed E-state index contributed by atoms with van der Waals surface area (Å²) in [5.41, 5.74) is 1.94. The second kappa shape index (κ2) is 7.72. The molecular weight excluding hydrogens is 284 g/mol. The minimum atomic E-state index is -0.707. The molecule has 22 heavy (non-hydrogen) atoms. The molecule has 2 rings (SSSR count). The average Bonchev–Trinajstić information content (AvgIpc) is 2.96. The highest BCUT2D eigenvalue weighted by molar-refractivity contribution is 5.75. The van der Waals surface area contributed by atoms with Crippen LogP contribution in [0.5, 0.6) is 0 Å². The van der Waals surface area contributed by atoms with Crippen molar-refractivity contribution in [1.82, 2.24) is 0 Å². The number of ether oxygens (including phenoxy) is 4. The summed E-state index contributed by atoms with van der Waals surface area (Å²) in [4.78, 5) is 11.9. The van der Waals surface area contributed by atoms with Gasteiger partial charge in [0.25, 0.3) is 0 Å². The molecule has 1 aromatic carbocycles. The number of benzene rings is 1. The first kappa shape index (κ1) is 16.9. The van der Waals surface area contributed by atoms with Crippen LogP contribution >= 0.6 is 0 Å². The van der Waals surface area contributed by atoms with Crippen molar-refractivity contribution in [2.45, 2.75) is 39.1 Å². The van der Waals surface area contributed by atoms with E-state index in [1.54, 1.807) is 6.92 Å². The predicted molar refractivity (Wildman–Crippen MR) is 81.4 cm³/mol. The zero-order chi connectivity index (χ0) is 16.0. The Labute approximate surface area is 131 Å². The Hall–Kier alpha value is -1.43. The van der Waals surface area contributed by atoms with Crippen molar-refractivity contribution < 1.29 is 23.7 Å². The van der Waals surface area contributed by atoms with Gasteiger partial charge in [-0.15, -0.1) is 0 Å². The number of esters is 1. The first-order chi connectivity index (χ1) is 10.6. The van der Waals surface area contributed by atoms with Gasteiger partial charge in [-0.05, 0) is 26.3 Å². The molecule has 0 bridgehead atoms. The van der Waals surface area contributed by atoms with Crippen LogP contribution in [0.4, 0.5) is 0 Å². The van der Waals surface area contributed by atoms with Crippen molar-refractivity contribution in [2.75, 3.05) is 26.4 Å². The Morgan fingerprint density at radius 2 is 2.00 bits per heavy atom. The lowest BCUT2D eigenvalue weighted by molar-refractivity contribution is -0.156. The molecule has 0 radical (unpaired) electrons. The summed E-state index contributed by atoms with van der Waals surface area (Å²) in [7, 11) is 0. The molecule has 0 spiro atoms. The van der Waals surface area contributed by atoms with Crippen molar-refractivity contribution >= 4 is 5.97 Å². The van der Waals surface area contributed by atoms with Gasteiger partial charge in [0.1, 0.15) is 0 Å². The van der Waals surface area contributed by atoms with E-state index in [-0.39, 0.29) is 5.97 Å². The Morgan fingerprint density at radius 3 is 2.64 bits per heavy atom. The summed E-state index contributed by atoms with van der Waals surface area (Å²) >= 11 is 0. The largest absolute Gasteiger partial charge is 0.464 e. The molecule has 1 unspecified atom stereocenters. The van der Waals surface area contributed by atoms with Crippen LogP contribution in [0.3, 0.4) is 0 Å². The van der Waals surface area contributed by atoms with Crippen molar-refractivity contribution in [3.05, 3.63) is 35.4 Å². The van der Waals surface area contributed by atoms with Gasteiger partial charge in [0.2, 0.25) is 0 Å². The van der Waals surface area contributed by atoms with Crippen LogP contribution in [0.1, 0.15) is 31.9 Å². The van der Waals surface area contributed by atoms with E-state index in [2.05, 4.69) is 0 Å². The van der Waals surface area contributed by atoms with Crippen molar-refractivity contribution in [3.63, 3.8) is 0 Å². The Bertz CT molecular complexity index is 494. The molecule has 1 aliphatic rings. The lowest BCUT2D eigenvalue weighted by atomic mass is 10.0. The van der Waals surface area contributed by atoms with Gasteiger partial charge >= 0.3 is 5.97 Å². The number of hydrogen-bond donors (Lipinski definition) is 0. The number of carbonyl (C=O) groups excluding carboxylic acids is 1. The van der Waals surface area contributed by atoms with E-state index in [9.17, 15) is 4.79 Å². The first-order valence-electron chi connectivity index (χ1n) is 7.74. The topological polar surface area (TPSA) is 54.0 Å². The summed E-state index contributed by atoms with van der Waals surface area (Å²) in [5.74, 6) is -1.03. The second-order valence-electron chi connectivity index (χ2n) is 5.24. The molecule has 1 saturated heterocycles. The standard InChI is InChI=1S/C17H24O5/c1-4-19-15(16(18)20-5-2)12-13-7-6-8-14(11-13)17(3)21-9-10-22-17/h6-8,11,15H,4-5,9-10,12H2,1-3H3. The van der Waals surface area contributed by atoms with E-state index in [0.717, 1.165) is 11.1 Å². The second-order valence-corrected chi connectivity index (χ2v) is 5.24. The molecular formula is C17H24O5. The third-order valence-corrected chi connectivity index (χ3v) is 3.63. The van der Waals surface area contributed by atoms with Gasteiger partial charge in [0.05, 0.1) is 19.8 Å². The molecule has 0 amide bonds. The maximum atomic E-state index is 11.9. The fraction of sp³-hybridized carbons (Fsp3) is 0.588. The lowest BCUT2D eigenvalue weighted by Crippen LogP contribution is -2.29. The third kappa shape index (κ3) is 4.06. The molecule has 1 aromatic rings. The van der Waals surface area contributed by atoms with Gasteiger partial charge in [0, 0.05) is 18.6 Å². The SMILES string of the molecule is CCOC(=O)C(Cc1cccc(C2(C)OCCO2)c1)OCC. The van der Waals surface area contributed by atoms with Gasteiger partial charge in [0.15, 0.2) is 11.9 Å². The average molecular weight is 308 g/mol. The molecule has 1 fully saturated rings. The number of hydrogen-bond acceptors (Lipinski definition) is 5. The molecule has 0 aromatic heterocycles. The van der Waals surface area contributed by atoms with Crippen LogP contribution < -0.4 is 0 Å². The normalized spacial score (nSPS) is 18.1. The summed E-state index contributed by atoms with van der Waals surface area (Å²) in [6, 6.07) is 7.87. The maximum Gasteiger partial charge on any atom is 0.335 e.